The van der Waals surface area contributed by atoms with Crippen molar-refractivity contribution in [2.24, 2.45) is 4.99 Å². The van der Waals surface area contributed by atoms with Crippen LogP contribution in [0.15, 0.2) is 63.3 Å². The minimum atomic E-state index is 0.145. The molecule has 3 nitrogen and oxygen atoms in total. The molecule has 2 heterocycles. The van der Waals surface area contributed by atoms with Crippen LogP contribution in [0, 0.1) is 0 Å². The summed E-state index contributed by atoms with van der Waals surface area (Å²) in [5.41, 5.74) is 1.98. The van der Waals surface area contributed by atoms with E-state index in [2.05, 4.69) is 17.1 Å². The Kier molecular flexibility index (Phi) is 4.87. The van der Waals surface area contributed by atoms with E-state index < -0.39 is 0 Å². The van der Waals surface area contributed by atoms with Crippen molar-refractivity contribution in [3.8, 4) is 0 Å². The fourth-order valence-electron chi connectivity index (χ4n) is 2.71. The lowest BCUT2D eigenvalue weighted by Gasteiger charge is -2.31. The highest BCUT2D eigenvalue weighted by atomic mass is 32.2. The Balaban J connectivity index is 1.56. The molecule has 2 aliphatic heterocycles. The van der Waals surface area contributed by atoms with Crippen LogP contribution in [0.4, 0.5) is 11.4 Å². The second-order valence-corrected chi connectivity index (χ2v) is 8.87. The molecule has 0 saturated carbocycles. The van der Waals surface area contributed by atoms with Gasteiger partial charge in [0.05, 0.1) is 17.9 Å². The number of carbonyl (C=O) groups excluding carboxylic acids is 1. The number of para-hydroxylation sites is 2. The average molecular weight is 373 g/mol. The Bertz CT molecular complexity index is 761. The Hall–Kier alpha value is -1.37. The third-order valence-electron chi connectivity index (χ3n) is 3.78. The molecular weight excluding hydrogens is 356 g/mol. The summed E-state index contributed by atoms with van der Waals surface area (Å²) in [6, 6.07) is 16.2. The fourth-order valence-corrected chi connectivity index (χ4v) is 5.78. The van der Waals surface area contributed by atoms with Crippen LogP contribution in [-0.4, -0.2) is 28.3 Å². The predicted molar refractivity (Wildman–Crippen MR) is 106 cm³/mol. The highest BCUT2D eigenvalue weighted by Crippen LogP contribution is 2.48. The largest absolute Gasteiger partial charge is 0.279 e. The molecule has 0 aliphatic carbocycles. The van der Waals surface area contributed by atoms with Gasteiger partial charge >= 0.3 is 0 Å². The van der Waals surface area contributed by atoms with Gasteiger partial charge in [0.1, 0.15) is 4.38 Å². The molecule has 4 rings (SSSR count). The van der Waals surface area contributed by atoms with E-state index in [0.717, 1.165) is 43.6 Å². The first-order valence-corrected chi connectivity index (χ1v) is 10.6. The molecular formula is C18H16N2OS3. The maximum absolute atomic E-state index is 13.0. The van der Waals surface area contributed by atoms with Crippen molar-refractivity contribution < 1.29 is 4.79 Å². The number of hydrogen-bond acceptors (Lipinski definition) is 5. The Morgan fingerprint density at radius 2 is 1.75 bits per heavy atom. The van der Waals surface area contributed by atoms with E-state index >= 15 is 0 Å². The normalized spacial score (nSPS) is 15.7. The molecule has 0 bridgehead atoms. The number of rotatable bonds is 3. The predicted octanol–water partition coefficient (Wildman–Crippen LogP) is 5.04. The Morgan fingerprint density at radius 3 is 2.38 bits per heavy atom. The lowest BCUT2D eigenvalue weighted by atomic mass is 10.2. The molecule has 0 N–H and O–H groups in total. The topological polar surface area (TPSA) is 32.7 Å². The van der Waals surface area contributed by atoms with Gasteiger partial charge < -0.3 is 0 Å². The average Bonchev–Trinajstić information content (AvgIpc) is 3.13. The number of benzene rings is 2. The molecule has 2 aromatic carbocycles. The number of carbonyl (C=O) groups is 1. The van der Waals surface area contributed by atoms with Crippen LogP contribution in [0.3, 0.4) is 0 Å². The molecule has 2 aromatic rings. The van der Waals surface area contributed by atoms with Gasteiger partial charge in [0.25, 0.3) is 0 Å². The van der Waals surface area contributed by atoms with Gasteiger partial charge in [0.2, 0.25) is 5.91 Å². The van der Waals surface area contributed by atoms with Crippen LogP contribution in [-0.2, 0) is 4.79 Å². The molecule has 0 aromatic heterocycles. The molecule has 6 heteroatoms. The number of aliphatic imine (C=N–C) groups is 1. The van der Waals surface area contributed by atoms with Crippen LogP contribution >= 0.6 is 35.3 Å². The van der Waals surface area contributed by atoms with Crippen molar-refractivity contribution in [3.05, 3.63) is 48.5 Å². The van der Waals surface area contributed by atoms with E-state index in [1.54, 1.807) is 35.3 Å². The van der Waals surface area contributed by atoms with Gasteiger partial charge in [-0.15, -0.1) is 0 Å². The molecule has 0 unspecified atom stereocenters. The fraction of sp³-hybridized carbons (Fsp3) is 0.222. The minimum Gasteiger partial charge on any atom is -0.279 e. The lowest BCUT2D eigenvalue weighted by Crippen LogP contribution is -2.28. The van der Waals surface area contributed by atoms with E-state index in [4.69, 9.17) is 0 Å². The summed E-state index contributed by atoms with van der Waals surface area (Å²) >= 11 is 5.22. The monoisotopic (exact) mass is 372 g/mol. The molecule has 0 saturated heterocycles. The standard InChI is InChI=1S/C18H16N2OS3/c21-17(9-11-22-18-19-10-12-23-18)20-13-5-1-3-7-15(13)24-16-8-4-2-6-14(16)20/h1-8H,9-12H2. The van der Waals surface area contributed by atoms with Gasteiger partial charge in [-0.1, -0.05) is 59.6 Å². The van der Waals surface area contributed by atoms with Crippen molar-refractivity contribution in [2.45, 2.75) is 16.2 Å². The number of anilines is 2. The third-order valence-corrected chi connectivity index (χ3v) is 7.17. The van der Waals surface area contributed by atoms with Crippen molar-refractivity contribution >= 4 is 56.9 Å². The Labute approximate surface area is 154 Å². The molecule has 0 fully saturated rings. The minimum absolute atomic E-state index is 0.145. The molecule has 0 radical (unpaired) electrons. The van der Waals surface area contributed by atoms with E-state index in [9.17, 15) is 4.79 Å². The van der Waals surface area contributed by atoms with Crippen LogP contribution in [0.5, 0.6) is 0 Å². The highest BCUT2D eigenvalue weighted by Gasteiger charge is 2.27. The summed E-state index contributed by atoms with van der Waals surface area (Å²) in [6.07, 6.45) is 0.511. The number of amides is 1. The van der Waals surface area contributed by atoms with Crippen LogP contribution in [0.2, 0.25) is 0 Å². The maximum atomic E-state index is 13.0. The van der Waals surface area contributed by atoms with E-state index in [0.29, 0.717) is 6.42 Å². The summed E-state index contributed by atoms with van der Waals surface area (Å²) in [7, 11) is 0. The van der Waals surface area contributed by atoms with Crippen molar-refractivity contribution in [1.82, 2.24) is 0 Å². The van der Waals surface area contributed by atoms with Gasteiger partial charge in [-0.3, -0.25) is 14.7 Å². The second kappa shape index (κ2) is 7.25. The van der Waals surface area contributed by atoms with Gasteiger partial charge in [0.15, 0.2) is 0 Å². The van der Waals surface area contributed by atoms with Gasteiger partial charge in [-0.2, -0.15) is 0 Å². The van der Waals surface area contributed by atoms with Crippen LogP contribution in [0.1, 0.15) is 6.42 Å². The first-order chi connectivity index (χ1) is 11.8. The first-order valence-electron chi connectivity index (χ1n) is 7.82. The second-order valence-electron chi connectivity index (χ2n) is 5.36. The van der Waals surface area contributed by atoms with Crippen LogP contribution < -0.4 is 4.90 Å². The number of thioether (sulfide) groups is 2. The quantitative estimate of drug-likeness (QED) is 0.755. The van der Waals surface area contributed by atoms with Crippen molar-refractivity contribution in [3.63, 3.8) is 0 Å². The maximum Gasteiger partial charge on any atom is 0.232 e. The molecule has 0 atom stereocenters. The summed E-state index contributed by atoms with van der Waals surface area (Å²) in [6.45, 7) is 0.908. The van der Waals surface area contributed by atoms with Crippen molar-refractivity contribution in [2.75, 3.05) is 23.0 Å². The van der Waals surface area contributed by atoms with Gasteiger partial charge in [0, 0.05) is 27.7 Å². The summed E-state index contributed by atoms with van der Waals surface area (Å²) < 4.78 is 1.12. The van der Waals surface area contributed by atoms with E-state index in [1.807, 2.05) is 41.3 Å². The zero-order chi connectivity index (χ0) is 16.4. The number of hydrogen-bond donors (Lipinski definition) is 0. The summed E-state index contributed by atoms with van der Waals surface area (Å²) in [5, 5.41) is 0. The smallest absolute Gasteiger partial charge is 0.232 e. The molecule has 24 heavy (non-hydrogen) atoms. The highest BCUT2D eigenvalue weighted by molar-refractivity contribution is 8.39. The molecule has 2 aliphatic rings. The molecule has 1 amide bonds. The first kappa shape index (κ1) is 16.1. The zero-order valence-electron chi connectivity index (χ0n) is 13.0. The summed E-state index contributed by atoms with van der Waals surface area (Å²) in [5.74, 6) is 1.99. The van der Waals surface area contributed by atoms with Gasteiger partial charge in [-0.25, -0.2) is 0 Å². The van der Waals surface area contributed by atoms with Crippen LogP contribution in [0.25, 0.3) is 0 Å². The van der Waals surface area contributed by atoms with Gasteiger partial charge in [-0.05, 0) is 24.3 Å². The zero-order valence-corrected chi connectivity index (χ0v) is 15.4. The number of fused-ring (bicyclic) bond motifs is 2. The third kappa shape index (κ3) is 3.23. The lowest BCUT2D eigenvalue weighted by molar-refractivity contribution is -0.117. The van der Waals surface area contributed by atoms with Crippen molar-refractivity contribution in [1.29, 1.82) is 0 Å². The molecule has 122 valence electrons. The SMILES string of the molecule is O=C(CCSC1=NCCS1)N1c2ccccc2Sc2ccccc21. The Morgan fingerprint density at radius 1 is 1.08 bits per heavy atom. The summed E-state index contributed by atoms with van der Waals surface area (Å²) in [4.78, 5) is 21.5. The number of nitrogens with zero attached hydrogens (tertiary/aromatic N) is 2. The molecule has 0 spiro atoms. The van der Waals surface area contributed by atoms with E-state index in [1.165, 1.54) is 0 Å². The van der Waals surface area contributed by atoms with E-state index in [-0.39, 0.29) is 5.91 Å².